The number of hydrogen-bond donors (Lipinski definition) is 0. The van der Waals surface area contributed by atoms with Crippen molar-refractivity contribution in [2.75, 3.05) is 13.1 Å². The van der Waals surface area contributed by atoms with Crippen molar-refractivity contribution in [2.24, 2.45) is 5.92 Å². The smallest absolute Gasteiger partial charge is 0.135 e. The third-order valence-electron chi connectivity index (χ3n) is 5.95. The van der Waals surface area contributed by atoms with Gasteiger partial charge < -0.3 is 4.90 Å². The molecule has 2 heterocycles. The molecule has 4 nitrogen and oxygen atoms in total. The second-order valence-corrected chi connectivity index (χ2v) is 7.27. The van der Waals surface area contributed by atoms with Crippen LogP contribution in [0.1, 0.15) is 70.4 Å². The number of Topliss-reactive ketones (excluding diaryl/α,β-unsaturated/α-hetero) is 1. The van der Waals surface area contributed by atoms with E-state index in [9.17, 15) is 4.79 Å². The largest absolute Gasteiger partial charge is 0.300 e. The van der Waals surface area contributed by atoms with Crippen LogP contribution in [0.3, 0.4) is 0 Å². The average Bonchev–Trinajstić information content (AvgIpc) is 3.10. The van der Waals surface area contributed by atoms with E-state index in [1.807, 2.05) is 13.1 Å². The summed E-state index contributed by atoms with van der Waals surface area (Å²) in [6.07, 6.45) is 13.1. The summed E-state index contributed by atoms with van der Waals surface area (Å²) in [5.74, 6) is 0.831. The fourth-order valence-corrected chi connectivity index (χ4v) is 4.33. The van der Waals surface area contributed by atoms with Crippen LogP contribution < -0.4 is 0 Å². The summed E-state index contributed by atoms with van der Waals surface area (Å²) in [4.78, 5) is 14.5. The molecule has 0 atom stereocenters. The molecule has 0 unspecified atom stereocenters. The van der Waals surface area contributed by atoms with E-state index in [2.05, 4.69) is 27.8 Å². The molecule has 0 N–H and O–H groups in total. The Bertz CT molecular complexity index is 508. The molecule has 1 aromatic rings. The Hall–Kier alpha value is -1.16. The summed E-state index contributed by atoms with van der Waals surface area (Å²) < 4.78 is 2.19. The van der Waals surface area contributed by atoms with E-state index < -0.39 is 0 Å². The van der Waals surface area contributed by atoms with Crippen molar-refractivity contribution in [3.05, 3.63) is 18.0 Å². The van der Waals surface area contributed by atoms with Crippen LogP contribution in [0.2, 0.25) is 0 Å². The molecule has 1 saturated carbocycles. The van der Waals surface area contributed by atoms with Crippen LogP contribution in [0.25, 0.3) is 0 Å². The first-order valence-corrected chi connectivity index (χ1v) is 9.51. The van der Waals surface area contributed by atoms with E-state index in [0.717, 1.165) is 19.3 Å². The molecular weight excluding hydrogens is 286 g/mol. The molecule has 3 rings (SSSR count). The number of aromatic nitrogens is 2. The molecule has 0 amide bonds. The number of rotatable bonds is 5. The molecule has 1 aliphatic heterocycles. The summed E-state index contributed by atoms with van der Waals surface area (Å²) in [7, 11) is 0. The van der Waals surface area contributed by atoms with Crippen LogP contribution in [0.4, 0.5) is 0 Å². The summed E-state index contributed by atoms with van der Waals surface area (Å²) in [5, 5.41) is 4.55. The summed E-state index contributed by atoms with van der Waals surface area (Å²) >= 11 is 0. The van der Waals surface area contributed by atoms with Gasteiger partial charge in [0.2, 0.25) is 0 Å². The van der Waals surface area contributed by atoms with Gasteiger partial charge in [0, 0.05) is 37.7 Å². The van der Waals surface area contributed by atoms with Gasteiger partial charge in [-0.3, -0.25) is 9.48 Å². The number of ketones is 1. The van der Waals surface area contributed by atoms with Crippen molar-refractivity contribution in [1.82, 2.24) is 14.7 Å². The van der Waals surface area contributed by atoms with Gasteiger partial charge in [-0.05, 0) is 50.5 Å². The zero-order valence-corrected chi connectivity index (χ0v) is 14.7. The monoisotopic (exact) mass is 317 g/mol. The summed E-state index contributed by atoms with van der Waals surface area (Å²) in [6.45, 7) is 6.55. The molecule has 0 bridgehead atoms. The molecule has 4 heteroatoms. The van der Waals surface area contributed by atoms with Crippen molar-refractivity contribution < 1.29 is 4.79 Å². The van der Waals surface area contributed by atoms with Gasteiger partial charge in [-0.1, -0.05) is 13.8 Å². The third-order valence-corrected chi connectivity index (χ3v) is 5.95. The number of carbonyl (C=O) groups is 1. The fourth-order valence-electron chi connectivity index (χ4n) is 4.33. The van der Waals surface area contributed by atoms with Gasteiger partial charge >= 0.3 is 0 Å². The number of likely N-dealkylation sites (tertiary alicyclic amines) is 1. The van der Waals surface area contributed by atoms with Crippen molar-refractivity contribution in [2.45, 2.75) is 77.3 Å². The molecule has 0 spiro atoms. The Morgan fingerprint density at radius 3 is 2.35 bits per heavy atom. The van der Waals surface area contributed by atoms with Crippen molar-refractivity contribution in [1.29, 1.82) is 0 Å². The van der Waals surface area contributed by atoms with Crippen molar-refractivity contribution in [3.8, 4) is 0 Å². The Balaban J connectivity index is 1.47. The molecule has 1 aliphatic carbocycles. The van der Waals surface area contributed by atoms with Gasteiger partial charge in [0.05, 0.1) is 12.2 Å². The second kappa shape index (κ2) is 7.61. The zero-order valence-electron chi connectivity index (χ0n) is 14.7. The van der Waals surface area contributed by atoms with Gasteiger partial charge in [-0.2, -0.15) is 5.10 Å². The first-order valence-electron chi connectivity index (χ1n) is 9.51. The van der Waals surface area contributed by atoms with Gasteiger partial charge in [0.1, 0.15) is 5.78 Å². The summed E-state index contributed by atoms with van der Waals surface area (Å²) in [6, 6.07) is 1.28. The first-order chi connectivity index (χ1) is 11.2. The SMILES string of the molecule is CCC(=O)C1CCC(N2CCC(n3cc(CC)cn3)CC2)CC1. The van der Waals surface area contributed by atoms with Crippen molar-refractivity contribution in [3.63, 3.8) is 0 Å². The van der Waals surface area contributed by atoms with E-state index in [0.29, 0.717) is 30.2 Å². The number of piperidine rings is 1. The van der Waals surface area contributed by atoms with Gasteiger partial charge in [0.15, 0.2) is 0 Å². The highest BCUT2D eigenvalue weighted by Gasteiger charge is 2.31. The highest BCUT2D eigenvalue weighted by atomic mass is 16.1. The average molecular weight is 317 g/mol. The molecule has 0 aromatic carbocycles. The third kappa shape index (κ3) is 3.85. The van der Waals surface area contributed by atoms with E-state index >= 15 is 0 Å². The lowest BCUT2D eigenvalue weighted by Crippen LogP contribution is -2.44. The Kier molecular flexibility index (Phi) is 5.52. The maximum atomic E-state index is 11.9. The van der Waals surface area contributed by atoms with Crippen LogP contribution in [0.5, 0.6) is 0 Å². The molecule has 1 aromatic heterocycles. The first kappa shape index (κ1) is 16.7. The molecule has 2 aliphatic rings. The number of hydrogen-bond acceptors (Lipinski definition) is 3. The molecule has 0 radical (unpaired) electrons. The Morgan fingerprint density at radius 2 is 1.78 bits per heavy atom. The van der Waals surface area contributed by atoms with E-state index in [-0.39, 0.29) is 0 Å². The Morgan fingerprint density at radius 1 is 1.09 bits per heavy atom. The lowest BCUT2D eigenvalue weighted by Gasteiger charge is -2.40. The van der Waals surface area contributed by atoms with E-state index in [1.54, 1.807) is 0 Å². The van der Waals surface area contributed by atoms with Crippen LogP contribution in [0, 0.1) is 5.92 Å². The van der Waals surface area contributed by atoms with Gasteiger partial charge in [0.25, 0.3) is 0 Å². The minimum absolute atomic E-state index is 0.352. The Labute approximate surface area is 140 Å². The standard InChI is InChI=1S/C19H31N3O/c1-3-15-13-20-22(14-15)18-9-11-21(12-10-18)17-7-5-16(6-8-17)19(23)4-2/h13-14,16-18H,3-12H2,1-2H3. The molecular formula is C19H31N3O. The quantitative estimate of drug-likeness (QED) is 0.832. The molecule has 23 heavy (non-hydrogen) atoms. The summed E-state index contributed by atoms with van der Waals surface area (Å²) in [5.41, 5.74) is 1.34. The predicted octanol–water partition coefficient (Wildman–Crippen LogP) is 3.62. The van der Waals surface area contributed by atoms with E-state index in [1.165, 1.54) is 44.3 Å². The fraction of sp³-hybridized carbons (Fsp3) is 0.789. The van der Waals surface area contributed by atoms with Crippen LogP contribution in [-0.2, 0) is 11.2 Å². The van der Waals surface area contributed by atoms with Crippen LogP contribution in [0.15, 0.2) is 12.4 Å². The lowest BCUT2D eigenvalue weighted by molar-refractivity contribution is -0.123. The second-order valence-electron chi connectivity index (χ2n) is 7.27. The molecule has 2 fully saturated rings. The lowest BCUT2D eigenvalue weighted by atomic mass is 9.81. The minimum Gasteiger partial charge on any atom is -0.300 e. The maximum absolute atomic E-state index is 11.9. The number of carbonyl (C=O) groups excluding carboxylic acids is 1. The van der Waals surface area contributed by atoms with Gasteiger partial charge in [-0.15, -0.1) is 0 Å². The van der Waals surface area contributed by atoms with Gasteiger partial charge in [-0.25, -0.2) is 0 Å². The van der Waals surface area contributed by atoms with Crippen molar-refractivity contribution >= 4 is 5.78 Å². The molecule has 1 saturated heterocycles. The maximum Gasteiger partial charge on any atom is 0.135 e. The van der Waals surface area contributed by atoms with Crippen LogP contribution >= 0.6 is 0 Å². The molecule has 128 valence electrons. The van der Waals surface area contributed by atoms with Crippen LogP contribution in [-0.4, -0.2) is 39.6 Å². The predicted molar refractivity (Wildman–Crippen MR) is 92.5 cm³/mol. The number of nitrogens with zero attached hydrogens (tertiary/aromatic N) is 3. The minimum atomic E-state index is 0.352. The highest BCUT2D eigenvalue weighted by molar-refractivity contribution is 5.80. The number of aryl methyl sites for hydroxylation is 1. The zero-order chi connectivity index (χ0) is 16.2. The normalized spacial score (nSPS) is 27.2. The van der Waals surface area contributed by atoms with E-state index in [4.69, 9.17) is 0 Å². The topological polar surface area (TPSA) is 38.1 Å². The highest BCUT2D eigenvalue weighted by Crippen LogP contribution is 2.32.